The van der Waals surface area contributed by atoms with E-state index in [4.69, 9.17) is 0 Å². The normalized spacial score (nSPS) is 10.4. The first kappa shape index (κ1) is 13.8. The Kier molecular flexibility index (Phi) is 4.48. The SMILES string of the molecule is CC(=O)Nc1ccc(C(=O)/C=C/N(C)C)c(O)c1. The number of carbonyl (C=O) groups is 2. The Balaban J connectivity index is 2.91. The van der Waals surface area contributed by atoms with Crippen molar-refractivity contribution in [2.24, 2.45) is 0 Å². The van der Waals surface area contributed by atoms with E-state index >= 15 is 0 Å². The van der Waals surface area contributed by atoms with E-state index in [2.05, 4.69) is 5.32 Å². The molecular formula is C13H16N2O3. The van der Waals surface area contributed by atoms with Crippen LogP contribution in [0.25, 0.3) is 0 Å². The first-order valence-electron chi connectivity index (χ1n) is 5.39. The fourth-order valence-corrected chi connectivity index (χ4v) is 1.33. The summed E-state index contributed by atoms with van der Waals surface area (Å²) >= 11 is 0. The van der Waals surface area contributed by atoms with Gasteiger partial charge in [-0.2, -0.15) is 0 Å². The third-order valence-corrected chi connectivity index (χ3v) is 2.11. The van der Waals surface area contributed by atoms with E-state index in [0.29, 0.717) is 5.69 Å². The molecule has 18 heavy (non-hydrogen) atoms. The van der Waals surface area contributed by atoms with Gasteiger partial charge in [0.25, 0.3) is 0 Å². The first-order valence-corrected chi connectivity index (χ1v) is 5.39. The van der Waals surface area contributed by atoms with Gasteiger partial charge < -0.3 is 15.3 Å². The van der Waals surface area contributed by atoms with Crippen LogP contribution in [0.4, 0.5) is 5.69 Å². The lowest BCUT2D eigenvalue weighted by atomic mass is 10.1. The molecule has 5 heteroatoms. The Bertz CT molecular complexity index is 493. The third kappa shape index (κ3) is 3.93. The number of phenolic OH excluding ortho intramolecular Hbond substituents is 1. The first-order chi connectivity index (χ1) is 8.40. The van der Waals surface area contributed by atoms with Gasteiger partial charge in [0.2, 0.25) is 5.91 Å². The molecular weight excluding hydrogens is 232 g/mol. The van der Waals surface area contributed by atoms with E-state index < -0.39 is 0 Å². The lowest BCUT2D eigenvalue weighted by Gasteiger charge is -2.06. The van der Waals surface area contributed by atoms with Crippen molar-refractivity contribution in [3.63, 3.8) is 0 Å². The van der Waals surface area contributed by atoms with E-state index in [9.17, 15) is 14.7 Å². The molecule has 0 aliphatic carbocycles. The smallest absolute Gasteiger partial charge is 0.221 e. The maximum Gasteiger partial charge on any atom is 0.221 e. The van der Waals surface area contributed by atoms with Crippen molar-refractivity contribution in [2.75, 3.05) is 19.4 Å². The summed E-state index contributed by atoms with van der Waals surface area (Å²) in [5.74, 6) is -0.689. The second-order valence-corrected chi connectivity index (χ2v) is 4.06. The maximum absolute atomic E-state index is 11.7. The number of nitrogens with one attached hydrogen (secondary N) is 1. The van der Waals surface area contributed by atoms with Gasteiger partial charge in [-0.05, 0) is 12.1 Å². The summed E-state index contributed by atoms with van der Waals surface area (Å²) in [5.41, 5.74) is 0.648. The van der Waals surface area contributed by atoms with Crippen molar-refractivity contribution in [1.82, 2.24) is 4.90 Å². The minimum absolute atomic E-state index is 0.158. The van der Waals surface area contributed by atoms with E-state index in [1.54, 1.807) is 31.3 Å². The molecule has 96 valence electrons. The number of ketones is 1. The van der Waals surface area contributed by atoms with Crippen LogP contribution in [0.3, 0.4) is 0 Å². The van der Waals surface area contributed by atoms with Gasteiger partial charge in [-0.15, -0.1) is 0 Å². The Morgan fingerprint density at radius 3 is 2.50 bits per heavy atom. The molecule has 5 nitrogen and oxygen atoms in total. The minimum atomic E-state index is -0.296. The van der Waals surface area contributed by atoms with Crippen LogP contribution in [0.2, 0.25) is 0 Å². The maximum atomic E-state index is 11.7. The monoisotopic (exact) mass is 248 g/mol. The number of amides is 1. The number of nitrogens with zero attached hydrogens (tertiary/aromatic N) is 1. The molecule has 0 saturated heterocycles. The average molecular weight is 248 g/mol. The van der Waals surface area contributed by atoms with Gasteiger partial charge in [0.1, 0.15) is 5.75 Å². The van der Waals surface area contributed by atoms with Gasteiger partial charge in [0, 0.05) is 45.0 Å². The third-order valence-electron chi connectivity index (χ3n) is 2.11. The van der Waals surface area contributed by atoms with Gasteiger partial charge in [-0.1, -0.05) is 0 Å². The number of phenols is 1. The highest BCUT2D eigenvalue weighted by atomic mass is 16.3. The Hall–Kier alpha value is -2.30. The quantitative estimate of drug-likeness (QED) is 0.627. The topological polar surface area (TPSA) is 69.6 Å². The molecule has 0 radical (unpaired) electrons. The van der Waals surface area contributed by atoms with Crippen molar-refractivity contribution in [3.05, 3.63) is 36.0 Å². The number of hydrogen-bond acceptors (Lipinski definition) is 4. The number of aromatic hydroxyl groups is 1. The largest absolute Gasteiger partial charge is 0.507 e. The molecule has 0 fully saturated rings. The molecule has 0 aliphatic rings. The molecule has 0 aliphatic heterocycles. The zero-order valence-electron chi connectivity index (χ0n) is 10.6. The minimum Gasteiger partial charge on any atom is -0.507 e. The van der Waals surface area contributed by atoms with Crippen molar-refractivity contribution in [2.45, 2.75) is 6.92 Å². The molecule has 0 unspecified atom stereocenters. The number of rotatable bonds is 4. The van der Waals surface area contributed by atoms with Crippen LogP contribution < -0.4 is 5.32 Å². The van der Waals surface area contributed by atoms with Crippen molar-refractivity contribution in [3.8, 4) is 5.75 Å². The van der Waals surface area contributed by atoms with Crippen LogP contribution >= 0.6 is 0 Å². The van der Waals surface area contributed by atoms with Crippen LogP contribution in [0, 0.1) is 0 Å². The Morgan fingerprint density at radius 2 is 2.00 bits per heavy atom. The van der Waals surface area contributed by atoms with Gasteiger partial charge in [-0.25, -0.2) is 0 Å². The van der Waals surface area contributed by atoms with Crippen LogP contribution in [-0.2, 0) is 4.79 Å². The molecule has 0 spiro atoms. The number of carbonyl (C=O) groups excluding carboxylic acids is 2. The summed E-state index contributed by atoms with van der Waals surface area (Å²) in [7, 11) is 3.59. The summed E-state index contributed by atoms with van der Waals surface area (Å²) in [6.07, 6.45) is 2.97. The van der Waals surface area contributed by atoms with Crippen LogP contribution in [0.15, 0.2) is 30.5 Å². The number of hydrogen-bond donors (Lipinski definition) is 2. The molecule has 0 atom stereocenters. The average Bonchev–Trinajstić information content (AvgIpc) is 2.25. The highest BCUT2D eigenvalue weighted by molar-refractivity contribution is 6.06. The number of anilines is 1. The van der Waals surface area contributed by atoms with Crippen LogP contribution in [-0.4, -0.2) is 35.8 Å². The molecule has 1 amide bonds. The molecule has 0 heterocycles. The summed E-state index contributed by atoms with van der Waals surface area (Å²) in [6.45, 7) is 1.37. The summed E-state index contributed by atoms with van der Waals surface area (Å²) in [5, 5.41) is 12.2. The zero-order valence-corrected chi connectivity index (χ0v) is 10.6. The second kappa shape index (κ2) is 5.86. The summed E-state index contributed by atoms with van der Waals surface area (Å²) < 4.78 is 0. The summed E-state index contributed by atoms with van der Waals surface area (Å²) in [4.78, 5) is 24.3. The van der Waals surface area contributed by atoms with Gasteiger partial charge in [0.15, 0.2) is 5.78 Å². The fraction of sp³-hybridized carbons (Fsp3) is 0.231. The fourth-order valence-electron chi connectivity index (χ4n) is 1.33. The van der Waals surface area contributed by atoms with Crippen LogP contribution in [0.5, 0.6) is 5.75 Å². The number of benzene rings is 1. The van der Waals surface area contributed by atoms with Gasteiger partial charge in [-0.3, -0.25) is 9.59 Å². The van der Waals surface area contributed by atoms with Crippen molar-refractivity contribution < 1.29 is 14.7 Å². The predicted molar refractivity (Wildman–Crippen MR) is 69.6 cm³/mol. The molecule has 0 aromatic heterocycles. The van der Waals surface area contributed by atoms with Crippen molar-refractivity contribution in [1.29, 1.82) is 0 Å². The van der Waals surface area contributed by atoms with E-state index in [1.807, 2.05) is 0 Å². The van der Waals surface area contributed by atoms with E-state index in [-0.39, 0.29) is 23.0 Å². The van der Waals surface area contributed by atoms with Crippen molar-refractivity contribution >= 4 is 17.4 Å². The Labute approximate surface area is 106 Å². The second-order valence-electron chi connectivity index (χ2n) is 4.06. The zero-order chi connectivity index (χ0) is 13.7. The van der Waals surface area contributed by atoms with Gasteiger partial charge >= 0.3 is 0 Å². The molecule has 0 saturated carbocycles. The Morgan fingerprint density at radius 1 is 1.33 bits per heavy atom. The lowest BCUT2D eigenvalue weighted by molar-refractivity contribution is -0.114. The predicted octanol–water partition coefficient (Wildman–Crippen LogP) is 1.61. The molecule has 2 N–H and O–H groups in total. The molecule has 1 rings (SSSR count). The van der Waals surface area contributed by atoms with Gasteiger partial charge in [0.05, 0.1) is 5.56 Å². The highest BCUT2D eigenvalue weighted by Gasteiger charge is 2.09. The number of allylic oxidation sites excluding steroid dienone is 1. The standard InChI is InChI=1S/C13H16N2O3/c1-9(16)14-10-4-5-11(13(18)8-10)12(17)6-7-15(2)3/h4-8,18H,1-3H3,(H,14,16)/b7-6+. The lowest BCUT2D eigenvalue weighted by Crippen LogP contribution is -2.06. The van der Waals surface area contributed by atoms with E-state index in [1.165, 1.54) is 25.1 Å². The molecule has 1 aromatic carbocycles. The molecule has 1 aromatic rings. The summed E-state index contributed by atoms with van der Waals surface area (Å²) in [6, 6.07) is 4.39. The van der Waals surface area contributed by atoms with E-state index in [0.717, 1.165) is 0 Å². The highest BCUT2D eigenvalue weighted by Crippen LogP contribution is 2.22. The molecule has 0 bridgehead atoms. The van der Waals surface area contributed by atoms with Crippen LogP contribution in [0.1, 0.15) is 17.3 Å².